The quantitative estimate of drug-likeness (QED) is 0.798. The Kier molecular flexibility index (Phi) is 6.72. The predicted molar refractivity (Wildman–Crippen MR) is 80.4 cm³/mol. The number of aliphatic carboxylic acids is 1. The molecule has 0 heterocycles. The predicted octanol–water partition coefficient (Wildman–Crippen LogP) is 2.20. The summed E-state index contributed by atoms with van der Waals surface area (Å²) in [6, 6.07) is 7.87. The molecule has 21 heavy (non-hydrogen) atoms. The number of hydrogen-bond acceptors (Lipinski definition) is 3. The number of carbonyl (C=O) groups is 2. The monoisotopic (exact) mass is 293 g/mol. The Morgan fingerprint density at radius 1 is 1.24 bits per heavy atom. The summed E-state index contributed by atoms with van der Waals surface area (Å²) < 4.78 is 5.12. The number of carboxylic acids is 1. The van der Waals surface area contributed by atoms with Crippen LogP contribution in [0.5, 0.6) is 5.75 Å². The van der Waals surface area contributed by atoms with Crippen LogP contribution in [0.4, 0.5) is 0 Å². The SMILES string of the molecule is COc1ccc(CC(C)CN(C)C(=O)CCC(=O)O)cc1. The molecule has 1 aromatic rings. The van der Waals surface area contributed by atoms with E-state index in [1.165, 1.54) is 5.56 Å². The standard InChI is InChI=1S/C16H23NO4/c1-12(10-13-4-6-14(21-3)7-5-13)11-17(2)15(18)8-9-16(19)20/h4-7,12H,8-11H2,1-3H3,(H,19,20). The number of carboxylic acid groups (broad SMARTS) is 1. The summed E-state index contributed by atoms with van der Waals surface area (Å²) in [4.78, 5) is 23.8. The first-order valence-corrected chi connectivity index (χ1v) is 7.01. The van der Waals surface area contributed by atoms with Crippen molar-refractivity contribution in [2.75, 3.05) is 20.7 Å². The highest BCUT2D eigenvalue weighted by Gasteiger charge is 2.14. The maximum absolute atomic E-state index is 11.8. The van der Waals surface area contributed by atoms with Gasteiger partial charge in [0, 0.05) is 20.0 Å². The molecule has 0 aromatic heterocycles. The van der Waals surface area contributed by atoms with Crippen LogP contribution in [-0.2, 0) is 16.0 Å². The fourth-order valence-corrected chi connectivity index (χ4v) is 2.20. The van der Waals surface area contributed by atoms with E-state index in [2.05, 4.69) is 6.92 Å². The second-order valence-electron chi connectivity index (χ2n) is 5.33. The first kappa shape index (κ1) is 17.0. The molecular formula is C16H23NO4. The molecule has 5 nitrogen and oxygen atoms in total. The van der Waals surface area contributed by atoms with E-state index >= 15 is 0 Å². The van der Waals surface area contributed by atoms with Crippen LogP contribution in [0, 0.1) is 5.92 Å². The Labute approximate surface area is 125 Å². The lowest BCUT2D eigenvalue weighted by Crippen LogP contribution is -2.31. The van der Waals surface area contributed by atoms with Gasteiger partial charge in [-0.25, -0.2) is 0 Å². The van der Waals surface area contributed by atoms with Gasteiger partial charge in [-0.1, -0.05) is 19.1 Å². The molecule has 116 valence electrons. The summed E-state index contributed by atoms with van der Waals surface area (Å²) in [6.45, 7) is 2.69. The van der Waals surface area contributed by atoms with Gasteiger partial charge in [0.2, 0.25) is 5.91 Å². The first-order valence-electron chi connectivity index (χ1n) is 7.01. The highest BCUT2D eigenvalue weighted by Crippen LogP contribution is 2.15. The molecule has 0 aliphatic heterocycles. The summed E-state index contributed by atoms with van der Waals surface area (Å²) in [6.07, 6.45) is 0.803. The zero-order chi connectivity index (χ0) is 15.8. The van der Waals surface area contributed by atoms with Gasteiger partial charge in [0.15, 0.2) is 0 Å². The van der Waals surface area contributed by atoms with Crippen molar-refractivity contribution in [3.63, 3.8) is 0 Å². The summed E-state index contributed by atoms with van der Waals surface area (Å²) in [5.74, 6) is 0.0616. The maximum Gasteiger partial charge on any atom is 0.303 e. The van der Waals surface area contributed by atoms with E-state index in [1.54, 1.807) is 19.1 Å². The molecule has 5 heteroatoms. The molecule has 1 amide bonds. The van der Waals surface area contributed by atoms with Crippen molar-refractivity contribution in [2.45, 2.75) is 26.2 Å². The Balaban J connectivity index is 2.42. The largest absolute Gasteiger partial charge is 0.497 e. The zero-order valence-electron chi connectivity index (χ0n) is 12.8. The van der Waals surface area contributed by atoms with Crippen molar-refractivity contribution in [3.8, 4) is 5.75 Å². The van der Waals surface area contributed by atoms with Gasteiger partial charge >= 0.3 is 5.97 Å². The van der Waals surface area contributed by atoms with Gasteiger partial charge in [-0.05, 0) is 30.0 Å². The number of ether oxygens (including phenoxy) is 1. The molecule has 0 spiro atoms. The summed E-state index contributed by atoms with van der Waals surface area (Å²) in [5, 5.41) is 8.58. The minimum atomic E-state index is -0.942. The molecule has 1 N–H and O–H groups in total. The highest BCUT2D eigenvalue weighted by molar-refractivity contribution is 5.80. The Hall–Kier alpha value is -2.04. The molecule has 1 rings (SSSR count). The third-order valence-corrected chi connectivity index (χ3v) is 3.31. The van der Waals surface area contributed by atoms with Crippen LogP contribution in [-0.4, -0.2) is 42.6 Å². The zero-order valence-corrected chi connectivity index (χ0v) is 12.8. The molecule has 1 atom stereocenters. The minimum Gasteiger partial charge on any atom is -0.497 e. The topological polar surface area (TPSA) is 66.8 Å². The van der Waals surface area contributed by atoms with Crippen molar-refractivity contribution in [1.29, 1.82) is 0 Å². The van der Waals surface area contributed by atoms with E-state index < -0.39 is 5.97 Å². The second kappa shape index (κ2) is 8.29. The van der Waals surface area contributed by atoms with Crippen molar-refractivity contribution < 1.29 is 19.4 Å². The fourth-order valence-electron chi connectivity index (χ4n) is 2.20. The van der Waals surface area contributed by atoms with Gasteiger partial charge in [-0.15, -0.1) is 0 Å². The molecular weight excluding hydrogens is 270 g/mol. The Bertz CT molecular complexity index is 470. The van der Waals surface area contributed by atoms with Crippen molar-refractivity contribution in [3.05, 3.63) is 29.8 Å². The van der Waals surface area contributed by atoms with Crippen LogP contribution < -0.4 is 4.74 Å². The minimum absolute atomic E-state index is 0.0566. The van der Waals surface area contributed by atoms with E-state index in [0.717, 1.165) is 12.2 Å². The Morgan fingerprint density at radius 2 is 1.86 bits per heavy atom. The third kappa shape index (κ3) is 6.29. The van der Waals surface area contributed by atoms with Crippen LogP contribution in [0.15, 0.2) is 24.3 Å². The van der Waals surface area contributed by atoms with Crippen LogP contribution in [0.1, 0.15) is 25.3 Å². The molecule has 0 saturated carbocycles. The fraction of sp³-hybridized carbons (Fsp3) is 0.500. The van der Waals surface area contributed by atoms with Gasteiger partial charge in [0.1, 0.15) is 5.75 Å². The van der Waals surface area contributed by atoms with Gasteiger partial charge in [0.05, 0.1) is 13.5 Å². The molecule has 1 aromatic carbocycles. The average Bonchev–Trinajstić information content (AvgIpc) is 2.45. The number of carbonyl (C=O) groups excluding carboxylic acids is 1. The number of hydrogen-bond donors (Lipinski definition) is 1. The maximum atomic E-state index is 11.8. The molecule has 1 unspecified atom stereocenters. The van der Waals surface area contributed by atoms with Gasteiger partial charge in [0.25, 0.3) is 0 Å². The van der Waals surface area contributed by atoms with Crippen LogP contribution in [0.2, 0.25) is 0 Å². The van der Waals surface area contributed by atoms with E-state index in [4.69, 9.17) is 9.84 Å². The Morgan fingerprint density at radius 3 is 2.38 bits per heavy atom. The van der Waals surface area contributed by atoms with E-state index in [-0.39, 0.29) is 18.7 Å². The normalized spacial score (nSPS) is 11.8. The van der Waals surface area contributed by atoms with Crippen molar-refractivity contribution in [1.82, 2.24) is 4.90 Å². The average molecular weight is 293 g/mol. The van der Waals surface area contributed by atoms with Crippen molar-refractivity contribution >= 4 is 11.9 Å². The molecule has 0 saturated heterocycles. The number of rotatable bonds is 8. The van der Waals surface area contributed by atoms with Crippen LogP contribution in [0.3, 0.4) is 0 Å². The first-order chi connectivity index (χ1) is 9.92. The lowest BCUT2D eigenvalue weighted by molar-refractivity contribution is -0.140. The number of methoxy groups -OCH3 is 1. The summed E-state index contributed by atoms with van der Waals surface area (Å²) in [7, 11) is 3.35. The summed E-state index contributed by atoms with van der Waals surface area (Å²) >= 11 is 0. The van der Waals surface area contributed by atoms with E-state index in [1.807, 2.05) is 24.3 Å². The lowest BCUT2D eigenvalue weighted by Gasteiger charge is -2.21. The van der Waals surface area contributed by atoms with Crippen molar-refractivity contribution in [2.24, 2.45) is 5.92 Å². The van der Waals surface area contributed by atoms with E-state index in [0.29, 0.717) is 12.5 Å². The molecule has 0 fully saturated rings. The molecule has 0 aliphatic rings. The summed E-state index contributed by atoms with van der Waals surface area (Å²) in [5.41, 5.74) is 1.19. The highest BCUT2D eigenvalue weighted by atomic mass is 16.5. The third-order valence-electron chi connectivity index (χ3n) is 3.31. The number of amides is 1. The smallest absolute Gasteiger partial charge is 0.303 e. The van der Waals surface area contributed by atoms with Gasteiger partial charge in [-0.2, -0.15) is 0 Å². The van der Waals surface area contributed by atoms with E-state index in [9.17, 15) is 9.59 Å². The molecule has 0 aliphatic carbocycles. The van der Waals surface area contributed by atoms with Gasteiger partial charge in [-0.3, -0.25) is 9.59 Å². The molecule has 0 bridgehead atoms. The van der Waals surface area contributed by atoms with Crippen LogP contribution in [0.25, 0.3) is 0 Å². The second-order valence-corrected chi connectivity index (χ2v) is 5.33. The number of nitrogens with zero attached hydrogens (tertiary/aromatic N) is 1. The number of benzene rings is 1. The van der Waals surface area contributed by atoms with Crippen LogP contribution >= 0.6 is 0 Å². The molecule has 0 radical (unpaired) electrons. The lowest BCUT2D eigenvalue weighted by atomic mass is 10.0. The van der Waals surface area contributed by atoms with Gasteiger partial charge < -0.3 is 14.7 Å².